The van der Waals surface area contributed by atoms with Gasteiger partial charge in [-0.05, 0) is 39.0 Å². The molecule has 1 aromatic heterocycles. The fourth-order valence-electron chi connectivity index (χ4n) is 2.27. The molecule has 0 amide bonds. The maximum Gasteiger partial charge on any atom is 0.295 e. The van der Waals surface area contributed by atoms with Crippen LogP contribution < -0.4 is 4.90 Å². The molecule has 0 saturated carbocycles. The van der Waals surface area contributed by atoms with Crippen molar-refractivity contribution in [1.29, 1.82) is 0 Å². The average molecular weight is 259 g/mol. The van der Waals surface area contributed by atoms with Crippen molar-refractivity contribution in [2.24, 2.45) is 0 Å². The number of anilines is 1. The van der Waals surface area contributed by atoms with E-state index in [1.54, 1.807) is 6.07 Å². The highest BCUT2D eigenvalue weighted by molar-refractivity contribution is 5.97. The van der Waals surface area contributed by atoms with E-state index in [9.17, 15) is 10.1 Å². The molecule has 1 aromatic carbocycles. The Kier molecular flexibility index (Phi) is 3.64. The van der Waals surface area contributed by atoms with Crippen molar-refractivity contribution in [2.45, 2.75) is 20.8 Å². The van der Waals surface area contributed by atoms with Gasteiger partial charge in [0, 0.05) is 35.9 Å². The minimum Gasteiger partial charge on any atom is -0.372 e. The van der Waals surface area contributed by atoms with E-state index in [0.29, 0.717) is 5.52 Å². The number of aromatic nitrogens is 1. The summed E-state index contributed by atoms with van der Waals surface area (Å²) in [5.74, 6) is 0. The van der Waals surface area contributed by atoms with E-state index in [-0.39, 0.29) is 10.6 Å². The number of aryl methyl sites for hydroxylation is 1. The number of benzene rings is 1. The lowest BCUT2D eigenvalue weighted by atomic mass is 10.1. The second kappa shape index (κ2) is 5.22. The summed E-state index contributed by atoms with van der Waals surface area (Å²) in [5.41, 5.74) is 2.31. The van der Waals surface area contributed by atoms with Crippen molar-refractivity contribution in [2.75, 3.05) is 18.0 Å². The van der Waals surface area contributed by atoms with Crippen LogP contribution in [0.3, 0.4) is 0 Å². The van der Waals surface area contributed by atoms with E-state index in [0.717, 1.165) is 29.9 Å². The quantitative estimate of drug-likeness (QED) is 0.624. The number of fused-ring (bicyclic) bond motifs is 1. The predicted molar refractivity (Wildman–Crippen MR) is 76.7 cm³/mol. The van der Waals surface area contributed by atoms with Gasteiger partial charge >= 0.3 is 0 Å². The lowest BCUT2D eigenvalue weighted by Gasteiger charge is -2.22. The van der Waals surface area contributed by atoms with E-state index in [2.05, 4.69) is 23.7 Å². The van der Waals surface area contributed by atoms with E-state index in [4.69, 9.17) is 0 Å². The molecular weight excluding hydrogens is 242 g/mol. The summed E-state index contributed by atoms with van der Waals surface area (Å²) in [7, 11) is 0. The molecule has 0 atom stereocenters. The molecule has 2 rings (SSSR count). The summed E-state index contributed by atoms with van der Waals surface area (Å²) in [4.78, 5) is 17.2. The van der Waals surface area contributed by atoms with Crippen LogP contribution in [0.15, 0.2) is 24.3 Å². The fraction of sp³-hybridized carbons (Fsp3) is 0.357. The SMILES string of the molecule is CCN(CC)c1ccc([N+](=O)[O-])c2nc(C)ccc12. The first kappa shape index (κ1) is 13.3. The zero-order chi connectivity index (χ0) is 14.0. The molecule has 0 aliphatic rings. The minimum atomic E-state index is -0.374. The molecule has 0 N–H and O–H groups in total. The smallest absolute Gasteiger partial charge is 0.295 e. The molecule has 5 heteroatoms. The largest absolute Gasteiger partial charge is 0.372 e. The lowest BCUT2D eigenvalue weighted by molar-refractivity contribution is -0.383. The predicted octanol–water partition coefficient (Wildman–Crippen LogP) is 3.30. The van der Waals surface area contributed by atoms with Crippen LogP contribution in [0.2, 0.25) is 0 Å². The molecule has 0 radical (unpaired) electrons. The molecule has 0 unspecified atom stereocenters. The van der Waals surface area contributed by atoms with Gasteiger partial charge in [-0.15, -0.1) is 0 Å². The summed E-state index contributed by atoms with van der Waals surface area (Å²) >= 11 is 0. The van der Waals surface area contributed by atoms with Crippen molar-refractivity contribution in [3.05, 3.63) is 40.1 Å². The van der Waals surface area contributed by atoms with E-state index >= 15 is 0 Å². The van der Waals surface area contributed by atoms with Gasteiger partial charge in [-0.1, -0.05) is 0 Å². The third kappa shape index (κ3) is 2.36. The van der Waals surface area contributed by atoms with Crippen molar-refractivity contribution < 1.29 is 4.92 Å². The Labute approximate surface area is 112 Å². The van der Waals surface area contributed by atoms with Crippen LogP contribution in [0.4, 0.5) is 11.4 Å². The molecule has 5 nitrogen and oxygen atoms in total. The molecule has 0 aliphatic heterocycles. The highest BCUT2D eigenvalue weighted by atomic mass is 16.6. The van der Waals surface area contributed by atoms with E-state index in [1.807, 2.05) is 25.1 Å². The van der Waals surface area contributed by atoms with Gasteiger partial charge in [0.2, 0.25) is 0 Å². The second-order valence-electron chi connectivity index (χ2n) is 4.38. The van der Waals surface area contributed by atoms with Gasteiger partial charge < -0.3 is 4.90 Å². The van der Waals surface area contributed by atoms with Crippen LogP contribution in [0.5, 0.6) is 0 Å². The van der Waals surface area contributed by atoms with Crippen molar-refractivity contribution in [3.63, 3.8) is 0 Å². The Hall–Kier alpha value is -2.17. The first-order valence-corrected chi connectivity index (χ1v) is 6.38. The molecular formula is C14H17N3O2. The average Bonchev–Trinajstić information content (AvgIpc) is 2.39. The number of nitrogens with zero attached hydrogens (tertiary/aromatic N) is 3. The molecule has 1 heterocycles. The van der Waals surface area contributed by atoms with Gasteiger partial charge in [0.25, 0.3) is 5.69 Å². The molecule has 0 aliphatic carbocycles. The van der Waals surface area contributed by atoms with Gasteiger partial charge in [-0.25, -0.2) is 4.98 Å². The monoisotopic (exact) mass is 259 g/mol. The molecule has 100 valence electrons. The number of hydrogen-bond acceptors (Lipinski definition) is 4. The third-order valence-corrected chi connectivity index (χ3v) is 3.25. The van der Waals surface area contributed by atoms with Crippen LogP contribution in [0.1, 0.15) is 19.5 Å². The lowest BCUT2D eigenvalue weighted by Crippen LogP contribution is -2.22. The van der Waals surface area contributed by atoms with Crippen LogP contribution in [-0.2, 0) is 0 Å². The first-order valence-electron chi connectivity index (χ1n) is 6.38. The van der Waals surface area contributed by atoms with Crippen molar-refractivity contribution in [1.82, 2.24) is 4.98 Å². The Balaban J connectivity index is 2.76. The number of nitro benzene ring substituents is 1. The normalized spacial score (nSPS) is 10.7. The zero-order valence-corrected chi connectivity index (χ0v) is 11.4. The molecule has 0 saturated heterocycles. The third-order valence-electron chi connectivity index (χ3n) is 3.25. The number of non-ortho nitro benzene ring substituents is 1. The Morgan fingerprint density at radius 1 is 1.21 bits per heavy atom. The second-order valence-corrected chi connectivity index (χ2v) is 4.38. The molecule has 0 bridgehead atoms. The summed E-state index contributed by atoms with van der Waals surface area (Å²) < 4.78 is 0. The van der Waals surface area contributed by atoms with Crippen LogP contribution in [0.25, 0.3) is 10.9 Å². The number of hydrogen-bond donors (Lipinski definition) is 0. The molecule has 19 heavy (non-hydrogen) atoms. The number of nitro groups is 1. The number of pyridine rings is 1. The van der Waals surface area contributed by atoms with E-state index in [1.165, 1.54) is 0 Å². The maximum absolute atomic E-state index is 11.1. The highest BCUT2D eigenvalue weighted by Crippen LogP contribution is 2.32. The topological polar surface area (TPSA) is 59.3 Å². The van der Waals surface area contributed by atoms with Gasteiger partial charge in [0.15, 0.2) is 5.52 Å². The van der Waals surface area contributed by atoms with Gasteiger partial charge in [0.1, 0.15) is 0 Å². The zero-order valence-electron chi connectivity index (χ0n) is 11.4. The summed E-state index contributed by atoms with van der Waals surface area (Å²) in [6.45, 7) is 7.69. The van der Waals surface area contributed by atoms with E-state index < -0.39 is 0 Å². The van der Waals surface area contributed by atoms with Crippen LogP contribution in [0, 0.1) is 17.0 Å². The first-order chi connectivity index (χ1) is 9.08. The number of rotatable bonds is 4. The summed E-state index contributed by atoms with van der Waals surface area (Å²) in [5, 5.41) is 11.9. The Bertz CT molecular complexity index is 621. The van der Waals surface area contributed by atoms with Crippen molar-refractivity contribution in [3.8, 4) is 0 Å². The van der Waals surface area contributed by atoms with Crippen LogP contribution in [-0.4, -0.2) is 23.0 Å². The summed E-state index contributed by atoms with van der Waals surface area (Å²) in [6.07, 6.45) is 0. The maximum atomic E-state index is 11.1. The van der Waals surface area contributed by atoms with Gasteiger partial charge in [-0.3, -0.25) is 10.1 Å². The van der Waals surface area contributed by atoms with Gasteiger partial charge in [-0.2, -0.15) is 0 Å². The standard InChI is InChI=1S/C14H17N3O2/c1-4-16(5-2)12-8-9-13(17(18)19)14-11(12)7-6-10(3)15-14/h6-9H,4-5H2,1-3H3. The molecule has 0 fully saturated rings. The Morgan fingerprint density at radius 3 is 2.47 bits per heavy atom. The highest BCUT2D eigenvalue weighted by Gasteiger charge is 2.17. The van der Waals surface area contributed by atoms with Crippen molar-refractivity contribution >= 4 is 22.3 Å². The van der Waals surface area contributed by atoms with Crippen LogP contribution >= 0.6 is 0 Å². The Morgan fingerprint density at radius 2 is 1.89 bits per heavy atom. The fourth-order valence-corrected chi connectivity index (χ4v) is 2.27. The minimum absolute atomic E-state index is 0.0645. The summed E-state index contributed by atoms with van der Waals surface area (Å²) in [6, 6.07) is 7.16. The van der Waals surface area contributed by atoms with Gasteiger partial charge in [0.05, 0.1) is 4.92 Å². The molecule has 2 aromatic rings. The molecule has 0 spiro atoms.